The first kappa shape index (κ1) is 38.6. The van der Waals surface area contributed by atoms with E-state index in [0.29, 0.717) is 0 Å². The van der Waals surface area contributed by atoms with Crippen molar-refractivity contribution in [2.24, 2.45) is 0 Å². The predicted molar refractivity (Wildman–Crippen MR) is 290 cm³/mol. The Hall–Kier alpha value is -8.51. The van der Waals surface area contributed by atoms with Gasteiger partial charge in [-0.05, 0) is 88.0 Å². The third kappa shape index (κ3) is 5.48. The van der Waals surface area contributed by atoms with Crippen molar-refractivity contribution in [3.05, 3.63) is 223 Å². The van der Waals surface area contributed by atoms with Gasteiger partial charge in [-0.15, -0.1) is 11.3 Å². The maximum atomic E-state index is 6.88. The number of rotatable bonds is 6. The van der Waals surface area contributed by atoms with Crippen LogP contribution in [-0.4, -0.2) is 9.38 Å². The zero-order valence-electron chi connectivity index (χ0n) is 37.9. The number of para-hydroxylation sites is 3. The molecule has 0 bridgehead atoms. The van der Waals surface area contributed by atoms with Gasteiger partial charge in [0.05, 0.1) is 26.8 Å². The third-order valence-electron chi connectivity index (χ3n) is 15.0. The van der Waals surface area contributed by atoms with Crippen molar-refractivity contribution in [2.45, 2.75) is 19.3 Å². The molecular formula is C64H41N3OS. The molecule has 69 heavy (non-hydrogen) atoms. The largest absolute Gasteiger partial charge is 0.455 e. The molecule has 4 aromatic heterocycles. The number of nitrogens with zero attached hydrogens (tertiary/aromatic N) is 3. The van der Waals surface area contributed by atoms with Gasteiger partial charge in [0.15, 0.2) is 0 Å². The van der Waals surface area contributed by atoms with Crippen molar-refractivity contribution in [3.63, 3.8) is 0 Å². The van der Waals surface area contributed by atoms with Crippen LogP contribution in [0.1, 0.15) is 25.0 Å². The van der Waals surface area contributed by atoms with E-state index < -0.39 is 0 Å². The summed E-state index contributed by atoms with van der Waals surface area (Å²) in [6.07, 6.45) is 0. The molecule has 10 aromatic carbocycles. The van der Waals surface area contributed by atoms with Gasteiger partial charge in [0, 0.05) is 71.5 Å². The van der Waals surface area contributed by atoms with E-state index in [1.54, 1.807) is 11.3 Å². The maximum absolute atomic E-state index is 6.88. The van der Waals surface area contributed by atoms with Crippen LogP contribution in [0.15, 0.2) is 217 Å². The standard InChI is InChI=1S/C64H41N3OS/c1-64(2)53-25-11-9-19-46(53)47-33-31-43(36-54(47)64)66(41-29-27-39(28-30-41)45-22-14-24-49-48-23-13-21-44(60(48)68-61(45)49)38-15-5-3-6-16-38)42-32-34-57-51(35-42)52-37-55-62(69-63(65-55)40-17-7-4-8-18-40)58-50-20-10-12-26-56(50)67(57)59(52)58/h3-37H,1-2H3. The Bertz CT molecular complexity index is 4390. The van der Waals surface area contributed by atoms with Crippen molar-refractivity contribution in [2.75, 3.05) is 4.90 Å². The number of hydrogen-bond donors (Lipinski definition) is 0. The minimum Gasteiger partial charge on any atom is -0.455 e. The Labute approximate surface area is 401 Å². The van der Waals surface area contributed by atoms with E-state index >= 15 is 0 Å². The molecule has 15 rings (SSSR count). The summed E-state index contributed by atoms with van der Waals surface area (Å²) in [4.78, 5) is 7.76. The smallest absolute Gasteiger partial charge is 0.143 e. The normalized spacial score (nSPS) is 13.2. The quantitative estimate of drug-likeness (QED) is 0.167. The molecule has 0 aliphatic heterocycles. The number of fused-ring (bicyclic) bond motifs is 14. The summed E-state index contributed by atoms with van der Waals surface area (Å²) < 4.78 is 10.6. The molecule has 0 fully saturated rings. The van der Waals surface area contributed by atoms with Gasteiger partial charge in [0.1, 0.15) is 16.2 Å². The molecule has 0 atom stereocenters. The zero-order chi connectivity index (χ0) is 45.5. The van der Waals surface area contributed by atoms with Gasteiger partial charge in [0.25, 0.3) is 0 Å². The van der Waals surface area contributed by atoms with Gasteiger partial charge in [-0.2, -0.15) is 0 Å². The van der Waals surface area contributed by atoms with E-state index in [1.165, 1.54) is 65.0 Å². The number of thiazole rings is 1. The van der Waals surface area contributed by atoms with Crippen LogP contribution < -0.4 is 4.90 Å². The van der Waals surface area contributed by atoms with Crippen molar-refractivity contribution < 1.29 is 4.42 Å². The highest BCUT2D eigenvalue weighted by atomic mass is 32.1. The summed E-state index contributed by atoms with van der Waals surface area (Å²) in [5.41, 5.74) is 20.5. The highest BCUT2D eigenvalue weighted by molar-refractivity contribution is 7.22. The van der Waals surface area contributed by atoms with E-state index in [-0.39, 0.29) is 5.41 Å². The van der Waals surface area contributed by atoms with Crippen molar-refractivity contribution >= 4 is 98.6 Å². The molecule has 0 N–H and O–H groups in total. The summed E-state index contributed by atoms with van der Waals surface area (Å²) in [5, 5.41) is 8.24. The fourth-order valence-corrected chi connectivity index (χ4v) is 12.8. The molecule has 4 nitrogen and oxygen atoms in total. The van der Waals surface area contributed by atoms with Crippen LogP contribution in [0.2, 0.25) is 0 Å². The zero-order valence-corrected chi connectivity index (χ0v) is 38.7. The molecule has 324 valence electrons. The number of aromatic nitrogens is 2. The lowest BCUT2D eigenvalue weighted by Gasteiger charge is -2.28. The summed E-state index contributed by atoms with van der Waals surface area (Å²) in [6, 6.07) is 77.3. The van der Waals surface area contributed by atoms with E-state index in [2.05, 4.69) is 235 Å². The van der Waals surface area contributed by atoms with Crippen LogP contribution in [0, 0.1) is 0 Å². The highest BCUT2D eigenvalue weighted by Crippen LogP contribution is 2.52. The number of benzene rings is 10. The van der Waals surface area contributed by atoms with Crippen LogP contribution in [0.3, 0.4) is 0 Å². The second-order valence-corrected chi connectivity index (χ2v) is 20.0. The van der Waals surface area contributed by atoms with Crippen LogP contribution in [0.25, 0.3) is 114 Å². The van der Waals surface area contributed by atoms with Gasteiger partial charge in [-0.1, -0.05) is 172 Å². The molecule has 5 heteroatoms. The topological polar surface area (TPSA) is 33.7 Å². The average Bonchev–Trinajstić information content (AvgIpc) is 4.21. The molecule has 0 saturated carbocycles. The minimum absolute atomic E-state index is 0.154. The Kier molecular flexibility index (Phi) is 7.97. The Balaban J connectivity index is 0.925. The first-order valence-electron chi connectivity index (χ1n) is 23.7. The Morgan fingerprint density at radius 3 is 1.80 bits per heavy atom. The van der Waals surface area contributed by atoms with Crippen molar-refractivity contribution in [1.29, 1.82) is 0 Å². The van der Waals surface area contributed by atoms with Crippen LogP contribution in [0.5, 0.6) is 0 Å². The first-order valence-corrected chi connectivity index (χ1v) is 24.5. The van der Waals surface area contributed by atoms with E-state index in [0.717, 1.165) is 77.3 Å². The molecule has 1 aliphatic rings. The van der Waals surface area contributed by atoms with Gasteiger partial charge in [-0.3, -0.25) is 0 Å². The molecular weight excluding hydrogens is 859 g/mol. The second-order valence-electron chi connectivity index (χ2n) is 19.1. The average molecular weight is 900 g/mol. The summed E-state index contributed by atoms with van der Waals surface area (Å²) in [6.45, 7) is 4.72. The molecule has 0 amide bonds. The van der Waals surface area contributed by atoms with E-state index in [1.807, 2.05) is 0 Å². The minimum atomic E-state index is -0.154. The lowest BCUT2D eigenvalue weighted by atomic mass is 9.82. The van der Waals surface area contributed by atoms with Gasteiger partial charge < -0.3 is 13.7 Å². The summed E-state index contributed by atoms with van der Waals surface area (Å²) in [7, 11) is 0. The fraction of sp³-hybridized carbons (Fsp3) is 0.0469. The Morgan fingerprint density at radius 2 is 1.03 bits per heavy atom. The van der Waals surface area contributed by atoms with Gasteiger partial charge >= 0.3 is 0 Å². The van der Waals surface area contributed by atoms with Gasteiger partial charge in [0.2, 0.25) is 0 Å². The second kappa shape index (κ2) is 14.3. The maximum Gasteiger partial charge on any atom is 0.143 e. The monoisotopic (exact) mass is 899 g/mol. The number of anilines is 3. The van der Waals surface area contributed by atoms with E-state index in [4.69, 9.17) is 9.40 Å². The lowest BCUT2D eigenvalue weighted by Crippen LogP contribution is -2.16. The molecule has 0 saturated heterocycles. The fourth-order valence-electron chi connectivity index (χ4n) is 11.7. The Morgan fingerprint density at radius 1 is 0.449 bits per heavy atom. The predicted octanol–water partition coefficient (Wildman–Crippen LogP) is 18.1. The van der Waals surface area contributed by atoms with E-state index in [9.17, 15) is 0 Å². The molecule has 1 aliphatic carbocycles. The van der Waals surface area contributed by atoms with Crippen molar-refractivity contribution in [3.8, 4) is 44.0 Å². The summed E-state index contributed by atoms with van der Waals surface area (Å²) >= 11 is 1.79. The van der Waals surface area contributed by atoms with Crippen molar-refractivity contribution in [1.82, 2.24) is 9.38 Å². The third-order valence-corrected chi connectivity index (χ3v) is 16.1. The molecule has 0 unspecified atom stereocenters. The van der Waals surface area contributed by atoms with Crippen LogP contribution in [-0.2, 0) is 5.41 Å². The molecule has 0 radical (unpaired) electrons. The molecule has 0 spiro atoms. The van der Waals surface area contributed by atoms with Crippen LogP contribution in [0.4, 0.5) is 17.1 Å². The van der Waals surface area contributed by atoms with Crippen LogP contribution >= 0.6 is 11.3 Å². The number of furan rings is 1. The summed E-state index contributed by atoms with van der Waals surface area (Å²) in [5.74, 6) is 0. The SMILES string of the molecule is CC1(C)c2ccccc2-c2ccc(N(c3ccc(-c4cccc5c4oc4c(-c6ccccc6)cccc45)cc3)c3ccc4c(c3)c3cc5nc(-c6ccccc6)sc5c5c6ccccc6n4c35)cc21. The molecule has 14 aromatic rings. The number of hydrogen-bond acceptors (Lipinski definition) is 4. The highest BCUT2D eigenvalue weighted by Gasteiger charge is 2.36. The van der Waals surface area contributed by atoms with Gasteiger partial charge in [-0.25, -0.2) is 4.98 Å². The molecule has 4 heterocycles. The lowest BCUT2D eigenvalue weighted by molar-refractivity contribution is 0.660. The first-order chi connectivity index (χ1) is 34.0.